The fourth-order valence-electron chi connectivity index (χ4n) is 2.26. The van der Waals surface area contributed by atoms with Crippen molar-refractivity contribution in [3.63, 3.8) is 0 Å². The molecule has 0 spiro atoms. The van der Waals surface area contributed by atoms with E-state index in [1.54, 1.807) is 23.1 Å². The second-order valence-corrected chi connectivity index (χ2v) is 5.27. The summed E-state index contributed by atoms with van der Waals surface area (Å²) in [6.07, 6.45) is -0.327. The third kappa shape index (κ3) is 3.55. The van der Waals surface area contributed by atoms with Crippen molar-refractivity contribution >= 4 is 29.2 Å². The monoisotopic (exact) mass is 306 g/mol. The summed E-state index contributed by atoms with van der Waals surface area (Å²) in [7, 11) is 0. The van der Waals surface area contributed by atoms with Crippen molar-refractivity contribution in [1.29, 1.82) is 0 Å². The number of amides is 2. The van der Waals surface area contributed by atoms with E-state index >= 15 is 0 Å². The zero-order chi connectivity index (χ0) is 16.3. The highest BCUT2D eigenvalue weighted by Gasteiger charge is 2.27. The van der Waals surface area contributed by atoms with Crippen LogP contribution in [0.1, 0.15) is 26.7 Å². The summed E-state index contributed by atoms with van der Waals surface area (Å²) in [5, 5.41) is 11.2. The van der Waals surface area contributed by atoms with Gasteiger partial charge in [0.15, 0.2) is 6.61 Å². The number of nitrogens with one attached hydrogen (secondary N) is 1. The lowest BCUT2D eigenvalue weighted by Gasteiger charge is -2.32. The van der Waals surface area contributed by atoms with Gasteiger partial charge >= 0.3 is 5.97 Å². The summed E-state index contributed by atoms with van der Waals surface area (Å²) in [4.78, 5) is 35.7. The highest BCUT2D eigenvalue weighted by atomic mass is 16.5. The molecule has 22 heavy (non-hydrogen) atoms. The van der Waals surface area contributed by atoms with Crippen LogP contribution >= 0.6 is 0 Å². The van der Waals surface area contributed by atoms with Gasteiger partial charge in [0.05, 0.1) is 12.1 Å². The fraction of sp³-hybridized carbons (Fsp3) is 0.400. The molecule has 0 saturated carbocycles. The largest absolute Gasteiger partial charge is 0.482 e. The van der Waals surface area contributed by atoms with Crippen molar-refractivity contribution < 1.29 is 24.2 Å². The molecule has 0 saturated heterocycles. The van der Waals surface area contributed by atoms with E-state index in [0.717, 1.165) is 0 Å². The quantitative estimate of drug-likeness (QED) is 0.862. The van der Waals surface area contributed by atoms with Crippen molar-refractivity contribution in [2.75, 3.05) is 16.8 Å². The molecule has 0 aliphatic carbocycles. The fourth-order valence-corrected chi connectivity index (χ4v) is 2.26. The Morgan fingerprint density at radius 2 is 2.09 bits per heavy atom. The Labute approximate surface area is 127 Å². The summed E-state index contributed by atoms with van der Waals surface area (Å²) >= 11 is 0. The maximum absolute atomic E-state index is 12.0. The number of ether oxygens (including phenoxy) is 1. The number of hydrogen-bond donors (Lipinski definition) is 2. The van der Waals surface area contributed by atoms with Gasteiger partial charge in [0, 0.05) is 18.2 Å². The number of hydrogen-bond acceptors (Lipinski definition) is 4. The summed E-state index contributed by atoms with van der Waals surface area (Å²) in [5.74, 6) is -0.972. The molecule has 7 nitrogen and oxygen atoms in total. The molecule has 1 aromatic rings. The van der Waals surface area contributed by atoms with Crippen LogP contribution < -0.4 is 15.0 Å². The lowest BCUT2D eigenvalue weighted by atomic mass is 10.1. The van der Waals surface area contributed by atoms with Crippen LogP contribution in [0.25, 0.3) is 0 Å². The topological polar surface area (TPSA) is 95.9 Å². The highest BCUT2D eigenvalue weighted by Crippen LogP contribution is 2.35. The average molecular weight is 306 g/mol. The van der Waals surface area contributed by atoms with Gasteiger partial charge < -0.3 is 20.1 Å². The number of carboxylic acids is 1. The SMILES string of the molecule is CC(C)N1C(=O)COc2ccc(NC(=O)CCC(=O)O)cc21. The summed E-state index contributed by atoms with van der Waals surface area (Å²) in [5.41, 5.74) is 1.10. The van der Waals surface area contributed by atoms with Gasteiger partial charge in [0.25, 0.3) is 5.91 Å². The molecule has 1 heterocycles. The lowest BCUT2D eigenvalue weighted by Crippen LogP contribution is -2.43. The molecule has 0 unspecified atom stereocenters. The molecule has 1 aromatic carbocycles. The first-order chi connectivity index (χ1) is 10.4. The van der Waals surface area contributed by atoms with E-state index in [0.29, 0.717) is 17.1 Å². The van der Waals surface area contributed by atoms with E-state index in [-0.39, 0.29) is 37.3 Å². The first kappa shape index (κ1) is 15.8. The van der Waals surface area contributed by atoms with Gasteiger partial charge in [0.1, 0.15) is 5.75 Å². The van der Waals surface area contributed by atoms with Crippen LogP contribution in [0.4, 0.5) is 11.4 Å². The first-order valence-corrected chi connectivity index (χ1v) is 6.99. The molecule has 2 N–H and O–H groups in total. The number of nitrogens with zero attached hydrogens (tertiary/aromatic N) is 1. The van der Waals surface area contributed by atoms with Crippen LogP contribution in [-0.2, 0) is 14.4 Å². The Morgan fingerprint density at radius 1 is 1.36 bits per heavy atom. The van der Waals surface area contributed by atoms with Gasteiger partial charge in [-0.2, -0.15) is 0 Å². The average Bonchev–Trinajstić information content (AvgIpc) is 2.44. The van der Waals surface area contributed by atoms with Gasteiger partial charge in [-0.05, 0) is 32.0 Å². The predicted octanol–water partition coefficient (Wildman–Crippen LogP) is 1.62. The maximum Gasteiger partial charge on any atom is 0.303 e. The minimum Gasteiger partial charge on any atom is -0.482 e. The van der Waals surface area contributed by atoms with Crippen LogP contribution in [0.3, 0.4) is 0 Å². The summed E-state index contributed by atoms with van der Waals surface area (Å²) in [6.45, 7) is 3.78. The number of carbonyl (C=O) groups is 3. The van der Waals surface area contributed by atoms with Crippen LogP contribution in [0, 0.1) is 0 Å². The lowest BCUT2D eigenvalue weighted by molar-refractivity contribution is -0.138. The molecule has 1 aliphatic rings. The minimum absolute atomic E-state index is 0.00447. The number of carbonyl (C=O) groups excluding carboxylic acids is 2. The van der Waals surface area contributed by atoms with Crippen molar-refractivity contribution in [1.82, 2.24) is 0 Å². The van der Waals surface area contributed by atoms with E-state index in [1.165, 1.54) is 0 Å². The molecule has 0 aromatic heterocycles. The molecule has 1 aliphatic heterocycles. The predicted molar refractivity (Wildman–Crippen MR) is 80.1 cm³/mol. The maximum atomic E-state index is 12.0. The standard InChI is InChI=1S/C15H18N2O5/c1-9(2)17-11-7-10(16-13(18)5-6-15(20)21)3-4-12(11)22-8-14(17)19/h3-4,7,9H,5-6,8H2,1-2H3,(H,16,18)(H,20,21). The molecular weight excluding hydrogens is 288 g/mol. The molecule has 2 amide bonds. The van der Waals surface area contributed by atoms with Crippen molar-refractivity contribution in [2.45, 2.75) is 32.7 Å². The van der Waals surface area contributed by atoms with Crippen LogP contribution in [-0.4, -0.2) is 35.5 Å². The molecule has 0 atom stereocenters. The minimum atomic E-state index is -1.02. The molecule has 0 fully saturated rings. The van der Waals surface area contributed by atoms with E-state index in [1.807, 2.05) is 13.8 Å². The Morgan fingerprint density at radius 3 is 2.73 bits per heavy atom. The molecule has 118 valence electrons. The summed E-state index contributed by atoms with van der Waals surface area (Å²) in [6, 6.07) is 4.97. The number of fused-ring (bicyclic) bond motifs is 1. The number of aliphatic carboxylic acids is 1. The van der Waals surface area contributed by atoms with E-state index in [4.69, 9.17) is 9.84 Å². The van der Waals surface area contributed by atoms with Crippen LogP contribution in [0.2, 0.25) is 0 Å². The smallest absolute Gasteiger partial charge is 0.303 e. The highest BCUT2D eigenvalue weighted by molar-refractivity contribution is 6.00. The van der Waals surface area contributed by atoms with E-state index in [2.05, 4.69) is 5.32 Å². The zero-order valence-electron chi connectivity index (χ0n) is 12.5. The van der Waals surface area contributed by atoms with Gasteiger partial charge in [-0.25, -0.2) is 0 Å². The Balaban J connectivity index is 2.17. The second kappa shape index (κ2) is 6.46. The number of anilines is 2. The van der Waals surface area contributed by atoms with Gasteiger partial charge in [-0.15, -0.1) is 0 Å². The van der Waals surface area contributed by atoms with Gasteiger partial charge in [0.2, 0.25) is 5.91 Å². The Hall–Kier alpha value is -2.57. The van der Waals surface area contributed by atoms with Gasteiger partial charge in [-0.3, -0.25) is 14.4 Å². The normalized spacial score (nSPS) is 13.6. The first-order valence-electron chi connectivity index (χ1n) is 6.99. The van der Waals surface area contributed by atoms with E-state index in [9.17, 15) is 14.4 Å². The Kier molecular flexibility index (Phi) is 4.65. The molecular formula is C15H18N2O5. The van der Waals surface area contributed by atoms with Crippen LogP contribution in [0.5, 0.6) is 5.75 Å². The second-order valence-electron chi connectivity index (χ2n) is 5.27. The Bertz CT molecular complexity index is 612. The zero-order valence-corrected chi connectivity index (χ0v) is 12.5. The number of rotatable bonds is 5. The summed E-state index contributed by atoms with van der Waals surface area (Å²) < 4.78 is 5.37. The molecule has 2 rings (SSSR count). The van der Waals surface area contributed by atoms with Crippen molar-refractivity contribution in [3.05, 3.63) is 18.2 Å². The number of benzene rings is 1. The van der Waals surface area contributed by atoms with Gasteiger partial charge in [-0.1, -0.05) is 0 Å². The van der Waals surface area contributed by atoms with Crippen molar-refractivity contribution in [2.24, 2.45) is 0 Å². The number of carboxylic acid groups (broad SMARTS) is 1. The van der Waals surface area contributed by atoms with Crippen LogP contribution in [0.15, 0.2) is 18.2 Å². The molecule has 0 bridgehead atoms. The molecule has 7 heteroatoms. The molecule has 0 radical (unpaired) electrons. The van der Waals surface area contributed by atoms with E-state index < -0.39 is 5.97 Å². The van der Waals surface area contributed by atoms with Crippen molar-refractivity contribution in [3.8, 4) is 5.75 Å². The third-order valence-corrected chi connectivity index (χ3v) is 3.20. The third-order valence-electron chi connectivity index (χ3n) is 3.20.